The van der Waals surface area contributed by atoms with Crippen molar-refractivity contribution in [1.29, 1.82) is 0 Å². The number of carbonyl (C=O) groups excluding carboxylic acids is 1. The van der Waals surface area contributed by atoms with E-state index in [1.807, 2.05) is 30.5 Å². The Bertz CT molecular complexity index is 632. The first-order chi connectivity index (χ1) is 10.1. The Hall–Kier alpha value is -1.85. The number of amides is 1. The molecular weight excluding hydrogens is 308 g/mol. The summed E-state index contributed by atoms with van der Waals surface area (Å²) < 4.78 is 5.41. The third-order valence-corrected chi connectivity index (χ3v) is 3.70. The molecule has 0 aliphatic carbocycles. The molecule has 4 nitrogen and oxygen atoms in total. The summed E-state index contributed by atoms with van der Waals surface area (Å²) in [5, 5.41) is 3.17. The first-order valence-corrected chi connectivity index (χ1v) is 7.80. The Morgan fingerprint density at radius 1 is 1.29 bits per heavy atom. The molecule has 0 saturated carbocycles. The Balaban J connectivity index is 1.91. The Morgan fingerprint density at radius 2 is 2.00 bits per heavy atom. The monoisotopic (exact) mass is 322 g/mol. The van der Waals surface area contributed by atoms with Crippen molar-refractivity contribution in [3.8, 4) is 5.75 Å². The molecule has 0 atom stereocenters. The quantitative estimate of drug-likeness (QED) is 0.651. The van der Waals surface area contributed by atoms with Crippen molar-refractivity contribution in [2.24, 2.45) is 0 Å². The SMILES string of the molecule is CSc1ccc(OCC(=O)Nc2cc(Cl)ccc2N)cc1. The Kier molecular flexibility index (Phi) is 5.36. The van der Waals surface area contributed by atoms with Crippen LogP contribution in [-0.2, 0) is 4.79 Å². The van der Waals surface area contributed by atoms with Crippen LogP contribution >= 0.6 is 23.4 Å². The predicted octanol–water partition coefficient (Wildman–Crippen LogP) is 3.66. The second-order valence-corrected chi connectivity index (χ2v) is 5.56. The van der Waals surface area contributed by atoms with Crippen LogP contribution < -0.4 is 15.8 Å². The Labute approximate surface area is 132 Å². The van der Waals surface area contributed by atoms with E-state index in [-0.39, 0.29) is 12.5 Å². The summed E-state index contributed by atoms with van der Waals surface area (Å²) in [6.45, 7) is -0.0927. The Morgan fingerprint density at radius 3 is 2.67 bits per heavy atom. The standard InChI is InChI=1S/C15H15ClN2O2S/c1-21-12-5-3-11(4-6-12)20-9-15(19)18-14-8-10(16)2-7-13(14)17/h2-8H,9,17H2,1H3,(H,18,19). The molecule has 0 aromatic heterocycles. The van der Waals surface area contributed by atoms with Gasteiger partial charge in [-0.15, -0.1) is 11.8 Å². The van der Waals surface area contributed by atoms with Crippen molar-refractivity contribution in [3.05, 3.63) is 47.5 Å². The highest BCUT2D eigenvalue weighted by molar-refractivity contribution is 7.98. The molecule has 3 N–H and O–H groups in total. The number of anilines is 2. The van der Waals surface area contributed by atoms with Gasteiger partial charge in [-0.05, 0) is 48.7 Å². The smallest absolute Gasteiger partial charge is 0.262 e. The van der Waals surface area contributed by atoms with E-state index < -0.39 is 0 Å². The highest BCUT2D eigenvalue weighted by Gasteiger charge is 2.07. The second-order valence-electron chi connectivity index (χ2n) is 4.24. The van der Waals surface area contributed by atoms with Crippen LogP contribution in [0.3, 0.4) is 0 Å². The molecule has 2 aromatic carbocycles. The minimum absolute atomic E-state index is 0.0927. The van der Waals surface area contributed by atoms with Gasteiger partial charge in [0.2, 0.25) is 0 Å². The molecule has 21 heavy (non-hydrogen) atoms. The lowest BCUT2D eigenvalue weighted by Gasteiger charge is -2.10. The van der Waals surface area contributed by atoms with Gasteiger partial charge in [-0.1, -0.05) is 11.6 Å². The third kappa shape index (κ3) is 4.58. The number of nitrogens with one attached hydrogen (secondary N) is 1. The van der Waals surface area contributed by atoms with Gasteiger partial charge >= 0.3 is 0 Å². The van der Waals surface area contributed by atoms with Crippen LogP contribution in [-0.4, -0.2) is 18.8 Å². The number of nitrogen functional groups attached to an aromatic ring is 1. The number of carbonyl (C=O) groups is 1. The van der Waals surface area contributed by atoms with Gasteiger partial charge in [0.25, 0.3) is 5.91 Å². The molecule has 0 saturated heterocycles. The molecule has 2 rings (SSSR count). The number of nitrogens with two attached hydrogens (primary N) is 1. The van der Waals surface area contributed by atoms with Crippen LogP contribution in [0.1, 0.15) is 0 Å². The van der Waals surface area contributed by atoms with Gasteiger partial charge in [-0.25, -0.2) is 0 Å². The number of hydrogen-bond acceptors (Lipinski definition) is 4. The lowest BCUT2D eigenvalue weighted by Crippen LogP contribution is -2.20. The fourth-order valence-corrected chi connectivity index (χ4v) is 2.22. The molecule has 6 heteroatoms. The van der Waals surface area contributed by atoms with Crippen molar-refractivity contribution in [2.45, 2.75) is 4.90 Å². The average molecular weight is 323 g/mol. The molecule has 0 spiro atoms. The number of rotatable bonds is 5. The molecule has 0 heterocycles. The van der Waals surface area contributed by atoms with Crippen molar-refractivity contribution < 1.29 is 9.53 Å². The van der Waals surface area contributed by atoms with Crippen LogP contribution in [0, 0.1) is 0 Å². The number of benzene rings is 2. The minimum atomic E-state index is -0.294. The molecule has 0 aliphatic heterocycles. The number of thioether (sulfide) groups is 1. The zero-order chi connectivity index (χ0) is 15.2. The van der Waals surface area contributed by atoms with E-state index >= 15 is 0 Å². The van der Waals surface area contributed by atoms with Crippen LogP contribution in [0.15, 0.2) is 47.4 Å². The summed E-state index contributed by atoms with van der Waals surface area (Å²) >= 11 is 7.51. The summed E-state index contributed by atoms with van der Waals surface area (Å²) in [7, 11) is 0. The summed E-state index contributed by atoms with van der Waals surface area (Å²) in [5.41, 5.74) is 6.70. The van der Waals surface area contributed by atoms with Gasteiger partial charge in [0, 0.05) is 9.92 Å². The average Bonchev–Trinajstić information content (AvgIpc) is 2.49. The van der Waals surface area contributed by atoms with Crippen LogP contribution in [0.4, 0.5) is 11.4 Å². The van der Waals surface area contributed by atoms with Crippen LogP contribution in [0.2, 0.25) is 5.02 Å². The molecular formula is C15H15ClN2O2S. The molecule has 1 amide bonds. The minimum Gasteiger partial charge on any atom is -0.484 e. The lowest BCUT2D eigenvalue weighted by molar-refractivity contribution is -0.118. The van der Waals surface area contributed by atoms with Crippen molar-refractivity contribution >= 4 is 40.6 Å². The van der Waals surface area contributed by atoms with E-state index in [0.29, 0.717) is 22.1 Å². The van der Waals surface area contributed by atoms with Crippen molar-refractivity contribution in [1.82, 2.24) is 0 Å². The van der Waals surface area contributed by atoms with E-state index in [1.54, 1.807) is 30.0 Å². The van der Waals surface area contributed by atoms with Crippen molar-refractivity contribution in [3.63, 3.8) is 0 Å². The summed E-state index contributed by atoms with van der Waals surface area (Å²) in [5.74, 6) is 0.347. The third-order valence-electron chi connectivity index (χ3n) is 2.72. The predicted molar refractivity (Wildman–Crippen MR) is 88.2 cm³/mol. The van der Waals surface area contributed by atoms with Gasteiger partial charge in [0.15, 0.2) is 6.61 Å². The number of ether oxygens (including phenoxy) is 1. The summed E-state index contributed by atoms with van der Waals surface area (Å²) in [6, 6.07) is 12.4. The topological polar surface area (TPSA) is 64.3 Å². The molecule has 0 bridgehead atoms. The highest BCUT2D eigenvalue weighted by Crippen LogP contribution is 2.23. The number of hydrogen-bond donors (Lipinski definition) is 2. The summed E-state index contributed by atoms with van der Waals surface area (Å²) in [4.78, 5) is 13.0. The molecule has 0 aliphatic rings. The molecule has 110 valence electrons. The second kappa shape index (κ2) is 7.24. The summed E-state index contributed by atoms with van der Waals surface area (Å²) in [6.07, 6.45) is 2.00. The van der Waals surface area contributed by atoms with Gasteiger partial charge in [0.1, 0.15) is 5.75 Å². The highest BCUT2D eigenvalue weighted by atomic mass is 35.5. The van der Waals surface area contributed by atoms with E-state index in [1.165, 1.54) is 0 Å². The van der Waals surface area contributed by atoms with E-state index in [0.717, 1.165) is 4.90 Å². The largest absolute Gasteiger partial charge is 0.484 e. The molecule has 0 unspecified atom stereocenters. The van der Waals surface area contributed by atoms with Gasteiger partial charge in [-0.3, -0.25) is 4.79 Å². The maximum Gasteiger partial charge on any atom is 0.262 e. The van der Waals surface area contributed by atoms with E-state index in [4.69, 9.17) is 22.1 Å². The zero-order valence-electron chi connectivity index (χ0n) is 11.4. The van der Waals surface area contributed by atoms with Crippen molar-refractivity contribution in [2.75, 3.05) is 23.9 Å². The maximum atomic E-state index is 11.8. The molecule has 0 fully saturated rings. The van der Waals surface area contributed by atoms with Gasteiger partial charge in [0.05, 0.1) is 11.4 Å². The van der Waals surface area contributed by atoms with E-state index in [2.05, 4.69) is 5.32 Å². The van der Waals surface area contributed by atoms with Gasteiger partial charge < -0.3 is 15.8 Å². The van der Waals surface area contributed by atoms with Crippen LogP contribution in [0.5, 0.6) is 5.75 Å². The normalized spacial score (nSPS) is 10.2. The van der Waals surface area contributed by atoms with Gasteiger partial charge in [-0.2, -0.15) is 0 Å². The first-order valence-electron chi connectivity index (χ1n) is 6.20. The maximum absolute atomic E-state index is 11.8. The fraction of sp³-hybridized carbons (Fsp3) is 0.133. The molecule has 2 aromatic rings. The molecule has 0 radical (unpaired) electrons. The van der Waals surface area contributed by atoms with E-state index in [9.17, 15) is 4.79 Å². The first kappa shape index (κ1) is 15.5. The zero-order valence-corrected chi connectivity index (χ0v) is 13.0. The fourth-order valence-electron chi connectivity index (χ4n) is 1.64. The lowest BCUT2D eigenvalue weighted by atomic mass is 10.2. The number of halogens is 1. The van der Waals surface area contributed by atoms with Crippen LogP contribution in [0.25, 0.3) is 0 Å².